The largest absolute Gasteiger partial charge is 0.203 e. The quantitative estimate of drug-likeness (QED) is 0.653. The second-order valence-corrected chi connectivity index (χ2v) is 4.91. The van der Waals surface area contributed by atoms with Crippen molar-refractivity contribution >= 4 is 61.6 Å². The second-order valence-electron chi connectivity index (χ2n) is 2.34. The summed E-state index contributed by atoms with van der Waals surface area (Å²) in [5, 5.41) is 0.851. The fourth-order valence-electron chi connectivity index (χ4n) is 0.959. The van der Waals surface area contributed by atoms with Gasteiger partial charge in [-0.1, -0.05) is 23.2 Å². The molecule has 13 heavy (non-hydrogen) atoms. The van der Waals surface area contributed by atoms with Gasteiger partial charge in [0.05, 0.1) is 9.50 Å². The Kier molecular flexibility index (Phi) is 2.49. The number of hydrogen-bond donors (Lipinski definition) is 0. The first-order valence-corrected chi connectivity index (χ1v) is 5.52. The number of rotatable bonds is 0. The molecule has 0 aliphatic heterocycles. The Labute approximate surface area is 95.8 Å². The maximum atomic E-state index is 13.4. The highest BCUT2D eigenvalue weighted by atomic mass is 79.9. The molecule has 2 aromatic rings. The van der Waals surface area contributed by atoms with E-state index in [-0.39, 0.29) is 9.99 Å². The van der Waals surface area contributed by atoms with Crippen LogP contribution >= 0.6 is 50.7 Å². The number of nitrogens with zero attached hydrogens (tertiary/aromatic N) is 1. The fourth-order valence-corrected chi connectivity index (χ4v) is 2.31. The summed E-state index contributed by atoms with van der Waals surface area (Å²) >= 11 is 15.6. The van der Waals surface area contributed by atoms with Crippen LogP contribution in [0.2, 0.25) is 9.36 Å². The molecule has 2 rings (SSSR count). The van der Waals surface area contributed by atoms with Crippen molar-refractivity contribution in [1.29, 1.82) is 0 Å². The van der Waals surface area contributed by atoms with E-state index in [2.05, 4.69) is 20.3 Å². The van der Waals surface area contributed by atoms with Crippen LogP contribution in [-0.2, 0) is 0 Å². The maximum absolute atomic E-state index is 13.4. The smallest absolute Gasteiger partial charge is 0.166 e. The lowest BCUT2D eigenvalue weighted by Gasteiger charge is -1.98. The Morgan fingerprint density at radius 3 is 2.85 bits per heavy atom. The number of aromatic nitrogens is 1. The molecule has 0 saturated carbocycles. The topological polar surface area (TPSA) is 12.9 Å². The summed E-state index contributed by atoms with van der Waals surface area (Å²) in [5.74, 6) is -0.467. The van der Waals surface area contributed by atoms with E-state index in [0.717, 1.165) is 11.5 Å². The standard InChI is InChI=1S/C7HBrCl2FNS/c8-4-3(9)1-2-6(5(4)11)12-13-7(2)10/h1H. The van der Waals surface area contributed by atoms with Crippen molar-refractivity contribution in [1.82, 2.24) is 4.37 Å². The molecule has 0 spiro atoms. The van der Waals surface area contributed by atoms with E-state index in [4.69, 9.17) is 23.2 Å². The van der Waals surface area contributed by atoms with Crippen LogP contribution in [0.15, 0.2) is 10.5 Å². The molecule has 0 amide bonds. The summed E-state index contributed by atoms with van der Waals surface area (Å²) in [4.78, 5) is 0. The van der Waals surface area contributed by atoms with Crippen molar-refractivity contribution in [2.24, 2.45) is 0 Å². The average Bonchev–Trinajstić information content (AvgIpc) is 2.45. The fraction of sp³-hybridized carbons (Fsp3) is 0. The third-order valence-electron chi connectivity index (χ3n) is 1.57. The van der Waals surface area contributed by atoms with Gasteiger partial charge in [0.2, 0.25) is 0 Å². The molecule has 1 aromatic heterocycles. The summed E-state index contributed by atoms with van der Waals surface area (Å²) in [6.07, 6.45) is 0. The van der Waals surface area contributed by atoms with Crippen LogP contribution < -0.4 is 0 Å². The molecule has 0 N–H and O–H groups in total. The highest BCUT2D eigenvalue weighted by molar-refractivity contribution is 9.10. The lowest BCUT2D eigenvalue weighted by atomic mass is 10.2. The molecule has 0 atom stereocenters. The van der Waals surface area contributed by atoms with Crippen LogP contribution in [-0.4, -0.2) is 4.37 Å². The van der Waals surface area contributed by atoms with E-state index in [1.54, 1.807) is 6.07 Å². The van der Waals surface area contributed by atoms with Crippen LogP contribution in [0.3, 0.4) is 0 Å². The van der Waals surface area contributed by atoms with Gasteiger partial charge in [0.1, 0.15) is 9.85 Å². The van der Waals surface area contributed by atoms with E-state index < -0.39 is 5.82 Å². The normalized spacial score (nSPS) is 11.1. The van der Waals surface area contributed by atoms with E-state index in [1.807, 2.05) is 0 Å². The predicted molar refractivity (Wildman–Crippen MR) is 57.3 cm³/mol. The molecule has 6 heteroatoms. The first kappa shape index (κ1) is 9.65. The Morgan fingerprint density at radius 1 is 1.46 bits per heavy atom. The summed E-state index contributed by atoms with van der Waals surface area (Å²) in [7, 11) is 0. The van der Waals surface area contributed by atoms with E-state index in [0.29, 0.717) is 14.7 Å². The van der Waals surface area contributed by atoms with Crippen LogP contribution in [0, 0.1) is 5.82 Å². The summed E-state index contributed by atoms with van der Waals surface area (Å²) in [5.41, 5.74) is 0.256. The SMILES string of the molecule is Fc1c(Br)c(Cl)cc2c(Cl)snc12. The molecule has 0 saturated heterocycles. The molecular weight excluding hydrogens is 300 g/mol. The van der Waals surface area contributed by atoms with Gasteiger partial charge in [-0.25, -0.2) is 4.39 Å². The Hall–Kier alpha value is 0.1000. The Bertz CT molecular complexity index is 485. The summed E-state index contributed by atoms with van der Waals surface area (Å²) in [6, 6.07) is 1.59. The molecule has 0 unspecified atom stereocenters. The third kappa shape index (κ3) is 1.46. The van der Waals surface area contributed by atoms with Gasteiger partial charge in [0.25, 0.3) is 0 Å². The molecule has 1 aromatic carbocycles. The summed E-state index contributed by atoms with van der Waals surface area (Å²) < 4.78 is 18.0. The first-order chi connectivity index (χ1) is 6.11. The van der Waals surface area contributed by atoms with Gasteiger partial charge >= 0.3 is 0 Å². The van der Waals surface area contributed by atoms with Gasteiger partial charge in [-0.15, -0.1) is 0 Å². The minimum atomic E-state index is -0.467. The van der Waals surface area contributed by atoms with E-state index in [9.17, 15) is 4.39 Å². The van der Waals surface area contributed by atoms with Crippen LogP contribution in [0.25, 0.3) is 10.9 Å². The van der Waals surface area contributed by atoms with Gasteiger partial charge in [-0.2, -0.15) is 4.37 Å². The van der Waals surface area contributed by atoms with Gasteiger partial charge in [0.15, 0.2) is 5.82 Å². The van der Waals surface area contributed by atoms with Gasteiger partial charge in [-0.3, -0.25) is 0 Å². The van der Waals surface area contributed by atoms with Gasteiger partial charge in [0, 0.05) is 5.39 Å². The highest BCUT2D eigenvalue weighted by Gasteiger charge is 2.14. The lowest BCUT2D eigenvalue weighted by Crippen LogP contribution is -1.81. The average molecular weight is 301 g/mol. The Morgan fingerprint density at radius 2 is 2.15 bits per heavy atom. The van der Waals surface area contributed by atoms with Crippen molar-refractivity contribution in [3.05, 3.63) is 25.7 Å². The Balaban J connectivity index is 2.96. The minimum absolute atomic E-state index is 0.226. The number of fused-ring (bicyclic) bond motifs is 1. The third-order valence-corrected chi connectivity index (χ3v) is 3.93. The molecular formula is C7HBrCl2FNS. The zero-order chi connectivity index (χ0) is 9.59. The van der Waals surface area contributed by atoms with Crippen LogP contribution in [0.1, 0.15) is 0 Å². The van der Waals surface area contributed by atoms with E-state index in [1.165, 1.54) is 0 Å². The number of hydrogen-bond acceptors (Lipinski definition) is 2. The molecule has 0 fully saturated rings. The zero-order valence-electron chi connectivity index (χ0n) is 5.94. The molecule has 1 nitrogen and oxygen atoms in total. The predicted octanol–water partition coefficient (Wildman–Crippen LogP) is 4.50. The molecule has 1 heterocycles. The molecule has 0 bridgehead atoms. The monoisotopic (exact) mass is 299 g/mol. The molecule has 0 aliphatic rings. The summed E-state index contributed by atoms with van der Waals surface area (Å²) in [6.45, 7) is 0. The first-order valence-electron chi connectivity index (χ1n) is 3.19. The lowest BCUT2D eigenvalue weighted by molar-refractivity contribution is 0.631. The molecule has 0 radical (unpaired) electrons. The van der Waals surface area contributed by atoms with Crippen molar-refractivity contribution in [2.75, 3.05) is 0 Å². The molecule has 0 aliphatic carbocycles. The number of halogens is 4. The molecule has 68 valence electrons. The second kappa shape index (κ2) is 3.35. The van der Waals surface area contributed by atoms with Crippen molar-refractivity contribution in [3.8, 4) is 0 Å². The van der Waals surface area contributed by atoms with Crippen molar-refractivity contribution < 1.29 is 4.39 Å². The van der Waals surface area contributed by atoms with E-state index >= 15 is 0 Å². The van der Waals surface area contributed by atoms with Gasteiger partial charge in [-0.05, 0) is 33.5 Å². The van der Waals surface area contributed by atoms with Crippen LogP contribution in [0.5, 0.6) is 0 Å². The van der Waals surface area contributed by atoms with Crippen molar-refractivity contribution in [2.45, 2.75) is 0 Å². The number of benzene rings is 1. The zero-order valence-corrected chi connectivity index (χ0v) is 9.86. The maximum Gasteiger partial charge on any atom is 0.166 e. The van der Waals surface area contributed by atoms with Crippen LogP contribution in [0.4, 0.5) is 4.39 Å². The van der Waals surface area contributed by atoms with Crippen molar-refractivity contribution in [3.63, 3.8) is 0 Å². The minimum Gasteiger partial charge on any atom is -0.203 e. The van der Waals surface area contributed by atoms with Gasteiger partial charge < -0.3 is 0 Å². The highest BCUT2D eigenvalue weighted by Crippen LogP contribution is 2.36.